The number of carbonyl (C=O) groups excluding carboxylic acids is 1. The summed E-state index contributed by atoms with van der Waals surface area (Å²) in [4.78, 5) is 11.3. The van der Waals surface area contributed by atoms with Crippen LogP contribution in [0.4, 0.5) is 0 Å². The molecule has 11 atom stereocenters. The van der Waals surface area contributed by atoms with Crippen LogP contribution in [0.25, 0.3) is 0 Å². The van der Waals surface area contributed by atoms with Gasteiger partial charge in [0.2, 0.25) is 0 Å². The van der Waals surface area contributed by atoms with E-state index in [1.165, 1.54) is 44.9 Å². The summed E-state index contributed by atoms with van der Waals surface area (Å²) in [5.41, 5.74) is 0.509. The van der Waals surface area contributed by atoms with E-state index in [1.807, 2.05) is 0 Å². The number of hydrogen-bond acceptors (Lipinski definition) is 5. The van der Waals surface area contributed by atoms with Gasteiger partial charge in [-0.05, 0) is 136 Å². The van der Waals surface area contributed by atoms with Crippen molar-refractivity contribution in [1.82, 2.24) is 0 Å². The van der Waals surface area contributed by atoms with Crippen molar-refractivity contribution in [3.05, 3.63) is 0 Å². The zero-order valence-corrected chi connectivity index (χ0v) is 29.1. The summed E-state index contributed by atoms with van der Waals surface area (Å²) in [6, 6.07) is 0. The van der Waals surface area contributed by atoms with Crippen molar-refractivity contribution in [2.75, 3.05) is 13.2 Å². The van der Waals surface area contributed by atoms with Gasteiger partial charge in [-0.1, -0.05) is 54.9 Å². The number of aldehydes is 1. The minimum Gasteiger partial charge on any atom is -0.353 e. The Kier molecular flexibility index (Phi) is 13.5. The van der Waals surface area contributed by atoms with E-state index in [4.69, 9.17) is 18.9 Å². The highest BCUT2D eigenvalue weighted by Gasteiger charge is 2.59. The van der Waals surface area contributed by atoms with Gasteiger partial charge in [0.25, 0.3) is 0 Å². The minimum atomic E-state index is -0.0539. The second-order valence-corrected chi connectivity index (χ2v) is 16.0. The molecule has 4 rings (SSSR count). The summed E-state index contributed by atoms with van der Waals surface area (Å²) in [6.45, 7) is 18.9. The van der Waals surface area contributed by atoms with E-state index >= 15 is 0 Å². The Morgan fingerprint density at radius 1 is 0.884 bits per heavy atom. The number of fused-ring (bicyclic) bond motifs is 1. The summed E-state index contributed by atoms with van der Waals surface area (Å²) >= 11 is 0. The molecule has 43 heavy (non-hydrogen) atoms. The summed E-state index contributed by atoms with van der Waals surface area (Å²) in [5.74, 6) is 3.59. The maximum Gasteiger partial charge on any atom is 0.157 e. The highest BCUT2D eigenvalue weighted by Crippen LogP contribution is 2.65. The molecule has 0 aromatic heterocycles. The summed E-state index contributed by atoms with van der Waals surface area (Å²) < 4.78 is 25.9. The van der Waals surface area contributed by atoms with E-state index < -0.39 is 0 Å². The molecule has 0 radical (unpaired) electrons. The van der Waals surface area contributed by atoms with Crippen molar-refractivity contribution in [3.63, 3.8) is 0 Å². The fraction of sp³-hybridized carbons (Fsp3) is 0.974. The molecular formula is C38H68O5. The molecule has 2 saturated heterocycles. The third-order valence-corrected chi connectivity index (χ3v) is 12.9. The Morgan fingerprint density at radius 3 is 2.14 bits per heavy atom. The molecule has 250 valence electrons. The van der Waals surface area contributed by atoms with Crippen LogP contribution in [0.3, 0.4) is 0 Å². The lowest BCUT2D eigenvalue weighted by molar-refractivity contribution is -0.232. The van der Waals surface area contributed by atoms with Crippen LogP contribution in [0.5, 0.6) is 0 Å². The molecule has 2 saturated carbocycles. The van der Waals surface area contributed by atoms with Crippen molar-refractivity contribution < 1.29 is 23.7 Å². The second-order valence-electron chi connectivity index (χ2n) is 16.0. The lowest BCUT2D eigenvalue weighted by atomic mass is 9.50. The van der Waals surface area contributed by atoms with Crippen LogP contribution in [0, 0.1) is 46.3 Å². The van der Waals surface area contributed by atoms with E-state index in [9.17, 15) is 4.79 Å². The normalized spacial score (nSPS) is 36.4. The number of rotatable bonds is 16. The Morgan fingerprint density at radius 2 is 1.56 bits per heavy atom. The van der Waals surface area contributed by atoms with Crippen LogP contribution < -0.4 is 0 Å². The topological polar surface area (TPSA) is 54.0 Å². The molecule has 0 spiro atoms. The maximum absolute atomic E-state index is 11.3. The van der Waals surface area contributed by atoms with Gasteiger partial charge in [0.1, 0.15) is 6.29 Å². The Balaban J connectivity index is 1.58. The zero-order chi connectivity index (χ0) is 31.0. The molecule has 4 fully saturated rings. The second kappa shape index (κ2) is 16.4. The van der Waals surface area contributed by atoms with Gasteiger partial charge in [-0.15, -0.1) is 0 Å². The van der Waals surface area contributed by atoms with Gasteiger partial charge in [0, 0.05) is 19.6 Å². The van der Waals surface area contributed by atoms with Crippen LogP contribution in [0.1, 0.15) is 151 Å². The number of ether oxygens (including phenoxy) is 4. The first-order chi connectivity index (χ1) is 20.6. The molecule has 2 heterocycles. The van der Waals surface area contributed by atoms with Gasteiger partial charge in [0.05, 0.1) is 12.2 Å². The Labute approximate surface area is 265 Å². The van der Waals surface area contributed by atoms with Crippen LogP contribution in [0.2, 0.25) is 0 Å². The molecule has 0 amide bonds. The summed E-state index contributed by atoms with van der Waals surface area (Å²) in [7, 11) is 0. The van der Waals surface area contributed by atoms with Gasteiger partial charge in [0.15, 0.2) is 12.6 Å². The van der Waals surface area contributed by atoms with Gasteiger partial charge < -0.3 is 23.7 Å². The molecule has 4 aliphatic rings. The van der Waals surface area contributed by atoms with Crippen molar-refractivity contribution >= 4 is 6.29 Å². The van der Waals surface area contributed by atoms with E-state index in [1.54, 1.807) is 0 Å². The fourth-order valence-corrected chi connectivity index (χ4v) is 10.0. The van der Waals surface area contributed by atoms with Crippen LogP contribution in [-0.4, -0.2) is 44.3 Å². The predicted octanol–water partition coefficient (Wildman–Crippen LogP) is 9.75. The van der Waals surface area contributed by atoms with E-state index in [2.05, 4.69) is 48.5 Å². The van der Waals surface area contributed by atoms with Crippen LogP contribution in [-0.2, 0) is 23.7 Å². The van der Waals surface area contributed by atoms with Crippen LogP contribution in [0.15, 0.2) is 0 Å². The van der Waals surface area contributed by atoms with Gasteiger partial charge in [-0.25, -0.2) is 0 Å². The first-order valence-corrected chi connectivity index (χ1v) is 18.6. The van der Waals surface area contributed by atoms with Gasteiger partial charge in [-0.2, -0.15) is 0 Å². The highest BCUT2D eigenvalue weighted by molar-refractivity contribution is 5.49. The largest absolute Gasteiger partial charge is 0.353 e. The first-order valence-electron chi connectivity index (χ1n) is 18.6. The molecule has 5 heteroatoms. The van der Waals surface area contributed by atoms with E-state index in [0.717, 1.165) is 70.9 Å². The smallest absolute Gasteiger partial charge is 0.157 e. The van der Waals surface area contributed by atoms with Crippen molar-refractivity contribution in [2.24, 2.45) is 46.3 Å². The lowest BCUT2D eigenvalue weighted by Gasteiger charge is -2.57. The highest BCUT2D eigenvalue weighted by atomic mass is 16.7. The molecule has 2 aliphatic heterocycles. The molecule has 5 nitrogen and oxygen atoms in total. The quantitative estimate of drug-likeness (QED) is 0.164. The Hall–Kier alpha value is -0.490. The molecule has 0 N–H and O–H groups in total. The first kappa shape index (κ1) is 35.4. The molecule has 0 aromatic rings. The SMILES string of the molecule is CC[C@@H](CCC(C)(C)C1CC[C@@]2(C)C(CC[C@@H]2[C@H](C)CCC=O)C1[C@@H](OC1CCCCO1)[C@@H](C)CC)OC1CCCCO1. The molecule has 2 aliphatic carbocycles. The standard InChI is InChI=1S/C38H68O5/c1-8-27(3)36(43-34-17-11-13-26-41-34)35-31(21-23-38(7)30(18-19-32(35)38)28(4)15-14-24-39)37(5,6)22-20-29(9-2)42-33-16-10-12-25-40-33/h24,27-36H,8-23,25-26H2,1-7H3/t27-,28+,29-,30+,31?,32?,33?,34?,35?,36-,38+/m0/s1. The van der Waals surface area contributed by atoms with Gasteiger partial charge in [-0.3, -0.25) is 0 Å². The van der Waals surface area contributed by atoms with E-state index in [0.29, 0.717) is 47.3 Å². The molecule has 0 aromatic carbocycles. The third kappa shape index (κ3) is 8.66. The third-order valence-electron chi connectivity index (χ3n) is 12.9. The van der Waals surface area contributed by atoms with Gasteiger partial charge >= 0.3 is 0 Å². The van der Waals surface area contributed by atoms with Crippen molar-refractivity contribution in [1.29, 1.82) is 0 Å². The Bertz CT molecular complexity index is 817. The molecular weight excluding hydrogens is 536 g/mol. The van der Waals surface area contributed by atoms with Crippen LogP contribution >= 0.6 is 0 Å². The monoisotopic (exact) mass is 605 g/mol. The number of carbonyl (C=O) groups is 1. The molecule has 0 bridgehead atoms. The summed E-state index contributed by atoms with van der Waals surface area (Å²) in [6.07, 6.45) is 19.7. The predicted molar refractivity (Wildman–Crippen MR) is 175 cm³/mol. The number of hydrogen-bond donors (Lipinski definition) is 0. The summed E-state index contributed by atoms with van der Waals surface area (Å²) in [5, 5.41) is 0. The average Bonchev–Trinajstić information content (AvgIpc) is 3.38. The zero-order valence-electron chi connectivity index (χ0n) is 29.1. The minimum absolute atomic E-state index is 0.0137. The van der Waals surface area contributed by atoms with Crippen molar-refractivity contribution in [2.45, 2.75) is 176 Å². The lowest BCUT2D eigenvalue weighted by Crippen LogP contribution is -2.53. The fourth-order valence-electron chi connectivity index (χ4n) is 10.0. The maximum atomic E-state index is 11.3. The molecule has 5 unspecified atom stereocenters. The van der Waals surface area contributed by atoms with Crippen molar-refractivity contribution in [3.8, 4) is 0 Å². The van der Waals surface area contributed by atoms with E-state index in [-0.39, 0.29) is 30.2 Å². The average molecular weight is 605 g/mol.